The zero-order chi connectivity index (χ0) is 24.3. The SMILES string of the molecule is CCCCCC(=O)N(CCN1CCN(C(=O)Nc2ccccc2Br)CC1)Cc1ccc(F)cc1. The van der Waals surface area contributed by atoms with Crippen molar-refractivity contribution in [2.45, 2.75) is 39.2 Å². The molecule has 1 aliphatic heterocycles. The van der Waals surface area contributed by atoms with Crippen molar-refractivity contribution in [1.82, 2.24) is 14.7 Å². The molecule has 0 unspecified atom stereocenters. The monoisotopic (exact) mass is 532 g/mol. The van der Waals surface area contributed by atoms with Crippen molar-refractivity contribution in [2.75, 3.05) is 44.6 Å². The number of benzene rings is 2. The molecule has 34 heavy (non-hydrogen) atoms. The predicted octanol–water partition coefficient (Wildman–Crippen LogP) is 5.35. The van der Waals surface area contributed by atoms with Crippen LogP contribution in [0.2, 0.25) is 0 Å². The lowest BCUT2D eigenvalue weighted by Gasteiger charge is -2.36. The molecule has 0 spiro atoms. The Balaban J connectivity index is 1.49. The fourth-order valence-corrected chi connectivity index (χ4v) is 4.36. The van der Waals surface area contributed by atoms with Gasteiger partial charge in [-0.25, -0.2) is 9.18 Å². The van der Waals surface area contributed by atoms with E-state index in [9.17, 15) is 14.0 Å². The Hall–Kier alpha value is -2.45. The minimum Gasteiger partial charge on any atom is -0.337 e. The lowest BCUT2D eigenvalue weighted by atomic mass is 10.1. The third-order valence-electron chi connectivity index (χ3n) is 6.09. The molecule has 0 aliphatic carbocycles. The molecule has 2 aromatic carbocycles. The van der Waals surface area contributed by atoms with Gasteiger partial charge >= 0.3 is 6.03 Å². The van der Waals surface area contributed by atoms with Crippen LogP contribution in [0.25, 0.3) is 0 Å². The smallest absolute Gasteiger partial charge is 0.321 e. The Kier molecular flexibility index (Phi) is 10.3. The molecule has 0 atom stereocenters. The van der Waals surface area contributed by atoms with E-state index < -0.39 is 0 Å². The normalized spacial score (nSPS) is 14.1. The van der Waals surface area contributed by atoms with Crippen LogP contribution in [0.5, 0.6) is 0 Å². The number of anilines is 1. The Morgan fingerprint density at radius 2 is 1.74 bits per heavy atom. The Labute approximate surface area is 210 Å². The van der Waals surface area contributed by atoms with Crippen molar-refractivity contribution in [3.8, 4) is 0 Å². The minimum atomic E-state index is -0.272. The maximum Gasteiger partial charge on any atom is 0.321 e. The average Bonchev–Trinajstić information content (AvgIpc) is 2.84. The zero-order valence-corrected chi connectivity index (χ0v) is 21.4. The molecule has 0 aromatic heterocycles. The Bertz CT molecular complexity index is 933. The summed E-state index contributed by atoms with van der Waals surface area (Å²) >= 11 is 3.46. The van der Waals surface area contributed by atoms with E-state index in [0.29, 0.717) is 32.6 Å². The lowest BCUT2D eigenvalue weighted by molar-refractivity contribution is -0.132. The molecule has 8 heteroatoms. The molecule has 1 N–H and O–H groups in total. The van der Waals surface area contributed by atoms with Gasteiger partial charge in [-0.1, -0.05) is 44.0 Å². The van der Waals surface area contributed by atoms with Crippen molar-refractivity contribution in [1.29, 1.82) is 0 Å². The Morgan fingerprint density at radius 1 is 1.03 bits per heavy atom. The summed E-state index contributed by atoms with van der Waals surface area (Å²) in [5, 5.41) is 2.96. The molecule has 1 saturated heterocycles. The van der Waals surface area contributed by atoms with E-state index in [4.69, 9.17) is 0 Å². The van der Waals surface area contributed by atoms with Crippen LogP contribution in [-0.4, -0.2) is 65.9 Å². The van der Waals surface area contributed by atoms with Crippen molar-refractivity contribution in [3.63, 3.8) is 0 Å². The van der Waals surface area contributed by atoms with Gasteiger partial charge in [0, 0.05) is 56.7 Å². The van der Waals surface area contributed by atoms with E-state index in [1.54, 1.807) is 12.1 Å². The zero-order valence-electron chi connectivity index (χ0n) is 19.8. The first-order valence-corrected chi connectivity index (χ1v) is 12.8. The second kappa shape index (κ2) is 13.4. The first-order valence-electron chi connectivity index (χ1n) is 12.0. The van der Waals surface area contributed by atoms with Crippen molar-refractivity contribution < 1.29 is 14.0 Å². The van der Waals surface area contributed by atoms with Gasteiger partial charge in [-0.2, -0.15) is 0 Å². The number of unbranched alkanes of at least 4 members (excludes halogenated alkanes) is 2. The second-order valence-electron chi connectivity index (χ2n) is 8.64. The summed E-state index contributed by atoms with van der Waals surface area (Å²) in [4.78, 5) is 31.5. The van der Waals surface area contributed by atoms with Gasteiger partial charge in [0.15, 0.2) is 0 Å². The molecule has 1 fully saturated rings. The lowest BCUT2D eigenvalue weighted by Crippen LogP contribution is -2.51. The molecule has 0 saturated carbocycles. The van der Waals surface area contributed by atoms with E-state index >= 15 is 0 Å². The molecular formula is C26H34BrFN4O2. The molecular weight excluding hydrogens is 499 g/mol. The number of nitrogens with zero attached hydrogens (tertiary/aromatic N) is 3. The highest BCUT2D eigenvalue weighted by Gasteiger charge is 2.23. The van der Waals surface area contributed by atoms with Gasteiger partial charge in [-0.05, 0) is 52.2 Å². The fraction of sp³-hybridized carbons (Fsp3) is 0.462. The van der Waals surface area contributed by atoms with Crippen LogP contribution >= 0.6 is 15.9 Å². The highest BCUT2D eigenvalue weighted by atomic mass is 79.9. The largest absolute Gasteiger partial charge is 0.337 e. The summed E-state index contributed by atoms with van der Waals surface area (Å²) in [5.41, 5.74) is 1.69. The average molecular weight is 533 g/mol. The predicted molar refractivity (Wildman–Crippen MR) is 137 cm³/mol. The van der Waals surface area contributed by atoms with E-state index in [2.05, 4.69) is 33.1 Å². The van der Waals surface area contributed by atoms with Crippen LogP contribution in [0.4, 0.5) is 14.9 Å². The van der Waals surface area contributed by atoms with Crippen LogP contribution in [0.1, 0.15) is 38.2 Å². The number of piperazine rings is 1. The number of rotatable bonds is 10. The molecule has 3 rings (SSSR count). The summed E-state index contributed by atoms with van der Waals surface area (Å²) in [6.07, 6.45) is 3.54. The number of urea groups is 1. The van der Waals surface area contributed by atoms with Crippen LogP contribution in [0.15, 0.2) is 53.0 Å². The second-order valence-corrected chi connectivity index (χ2v) is 9.49. The van der Waals surface area contributed by atoms with Gasteiger partial charge in [0.05, 0.1) is 5.69 Å². The quantitative estimate of drug-likeness (QED) is 0.419. The van der Waals surface area contributed by atoms with Gasteiger partial charge in [0.1, 0.15) is 5.82 Å². The molecule has 0 bridgehead atoms. The van der Waals surface area contributed by atoms with Crippen LogP contribution in [0.3, 0.4) is 0 Å². The highest BCUT2D eigenvalue weighted by Crippen LogP contribution is 2.21. The molecule has 0 radical (unpaired) electrons. The third-order valence-corrected chi connectivity index (χ3v) is 6.79. The molecule has 1 aliphatic rings. The molecule has 1 heterocycles. The Morgan fingerprint density at radius 3 is 2.41 bits per heavy atom. The first kappa shape index (κ1) is 26.2. The van der Waals surface area contributed by atoms with Gasteiger partial charge in [0.2, 0.25) is 5.91 Å². The minimum absolute atomic E-state index is 0.101. The van der Waals surface area contributed by atoms with Gasteiger partial charge < -0.3 is 15.1 Å². The van der Waals surface area contributed by atoms with E-state index in [0.717, 1.165) is 54.6 Å². The number of amides is 3. The van der Waals surface area contributed by atoms with Crippen molar-refractivity contribution >= 4 is 33.6 Å². The highest BCUT2D eigenvalue weighted by molar-refractivity contribution is 9.10. The van der Waals surface area contributed by atoms with Crippen molar-refractivity contribution in [2.24, 2.45) is 0 Å². The summed E-state index contributed by atoms with van der Waals surface area (Å²) in [6.45, 7) is 6.78. The maximum absolute atomic E-state index is 13.3. The van der Waals surface area contributed by atoms with E-state index in [-0.39, 0.29) is 17.8 Å². The summed E-state index contributed by atoms with van der Waals surface area (Å²) < 4.78 is 14.1. The summed E-state index contributed by atoms with van der Waals surface area (Å²) in [5.74, 6) is -0.129. The number of nitrogens with one attached hydrogen (secondary N) is 1. The molecule has 2 aromatic rings. The van der Waals surface area contributed by atoms with E-state index in [1.165, 1.54) is 12.1 Å². The first-order chi connectivity index (χ1) is 16.5. The number of hydrogen-bond acceptors (Lipinski definition) is 3. The van der Waals surface area contributed by atoms with Crippen LogP contribution in [-0.2, 0) is 11.3 Å². The number of para-hydroxylation sites is 1. The van der Waals surface area contributed by atoms with Gasteiger partial charge in [-0.15, -0.1) is 0 Å². The fourth-order valence-electron chi connectivity index (χ4n) is 3.98. The number of hydrogen-bond donors (Lipinski definition) is 1. The van der Waals surface area contributed by atoms with E-state index in [1.807, 2.05) is 34.1 Å². The molecule has 6 nitrogen and oxygen atoms in total. The molecule has 3 amide bonds. The number of carbonyl (C=O) groups is 2. The van der Waals surface area contributed by atoms with Gasteiger partial charge in [0.25, 0.3) is 0 Å². The van der Waals surface area contributed by atoms with Crippen LogP contribution < -0.4 is 5.32 Å². The van der Waals surface area contributed by atoms with Crippen LogP contribution in [0, 0.1) is 5.82 Å². The standard InChI is InChI=1S/C26H34BrFN4O2/c1-2-3-4-9-25(33)32(20-21-10-12-22(28)13-11-21)19-16-30-14-17-31(18-15-30)26(34)29-24-8-6-5-7-23(24)27/h5-8,10-13H,2-4,9,14-20H2,1H3,(H,29,34). The third kappa shape index (κ3) is 8.09. The maximum atomic E-state index is 13.3. The topological polar surface area (TPSA) is 55.9 Å². The van der Waals surface area contributed by atoms with Crippen molar-refractivity contribution in [3.05, 3.63) is 64.4 Å². The molecule has 184 valence electrons. The summed E-state index contributed by atoms with van der Waals surface area (Å²) in [7, 11) is 0. The number of halogens is 2. The number of carbonyl (C=O) groups excluding carboxylic acids is 2. The van der Waals surface area contributed by atoms with Gasteiger partial charge in [-0.3, -0.25) is 9.69 Å². The summed E-state index contributed by atoms with van der Waals surface area (Å²) in [6, 6.07) is 13.8.